The van der Waals surface area contributed by atoms with E-state index in [1.54, 1.807) is 6.92 Å². The van der Waals surface area contributed by atoms with Crippen molar-refractivity contribution in [3.05, 3.63) is 29.8 Å². The second kappa shape index (κ2) is 5.51. The Morgan fingerprint density at radius 3 is 2.29 bits per heavy atom. The second-order valence-electron chi connectivity index (χ2n) is 3.83. The van der Waals surface area contributed by atoms with Gasteiger partial charge in [-0.1, -0.05) is 0 Å². The summed E-state index contributed by atoms with van der Waals surface area (Å²) in [6, 6.07) is 5.66. The maximum Gasteiger partial charge on any atom is 0.251 e. The number of amides is 1. The first-order valence-electron chi connectivity index (χ1n) is 5.01. The van der Waals surface area contributed by atoms with Crippen LogP contribution in [-0.4, -0.2) is 32.5 Å². The molecule has 0 aliphatic heterocycles. The molecule has 94 valence electrons. The predicted octanol–water partition coefficient (Wildman–Crippen LogP) is 1.45. The second-order valence-corrected chi connectivity index (χ2v) is 6.15. The third-order valence-corrected chi connectivity index (χ3v) is 3.74. The molecule has 0 saturated carbocycles. The van der Waals surface area contributed by atoms with Gasteiger partial charge in [0.1, 0.15) is 0 Å². The van der Waals surface area contributed by atoms with E-state index in [0.717, 1.165) is 6.26 Å². The maximum absolute atomic E-state index is 11.7. The number of alkyl halides is 1. The number of hydrogen-bond donors (Lipinski definition) is 1. The first kappa shape index (κ1) is 14.0. The van der Waals surface area contributed by atoms with Crippen LogP contribution in [0.5, 0.6) is 0 Å². The van der Waals surface area contributed by atoms with Crippen molar-refractivity contribution in [2.24, 2.45) is 0 Å². The minimum absolute atomic E-state index is 0.126. The summed E-state index contributed by atoms with van der Waals surface area (Å²) < 4.78 is 22.4. The molecule has 0 bridgehead atoms. The molecular formula is C11H14ClNO3S. The molecule has 6 heteroatoms. The largest absolute Gasteiger partial charge is 0.348 e. The fraction of sp³-hybridized carbons (Fsp3) is 0.364. The van der Waals surface area contributed by atoms with Crippen LogP contribution < -0.4 is 5.32 Å². The number of nitrogens with one attached hydrogen (secondary N) is 1. The van der Waals surface area contributed by atoms with Gasteiger partial charge in [-0.05, 0) is 31.2 Å². The van der Waals surface area contributed by atoms with Crippen LogP contribution in [0.4, 0.5) is 0 Å². The van der Waals surface area contributed by atoms with Crippen molar-refractivity contribution in [3.8, 4) is 0 Å². The van der Waals surface area contributed by atoms with Gasteiger partial charge in [-0.15, -0.1) is 11.6 Å². The first-order chi connectivity index (χ1) is 7.84. The number of hydrogen-bond acceptors (Lipinski definition) is 3. The molecule has 1 rings (SSSR count). The van der Waals surface area contributed by atoms with Gasteiger partial charge < -0.3 is 5.32 Å². The third-order valence-electron chi connectivity index (χ3n) is 2.15. The Balaban J connectivity index is 2.85. The van der Waals surface area contributed by atoms with Gasteiger partial charge in [0, 0.05) is 23.7 Å². The SMILES string of the molecule is CC(CCl)NC(=O)c1ccc(S(C)(=O)=O)cc1. The van der Waals surface area contributed by atoms with Crippen LogP contribution in [-0.2, 0) is 9.84 Å². The van der Waals surface area contributed by atoms with E-state index in [4.69, 9.17) is 11.6 Å². The van der Waals surface area contributed by atoms with E-state index in [2.05, 4.69) is 5.32 Å². The van der Waals surface area contributed by atoms with Gasteiger partial charge in [-0.25, -0.2) is 8.42 Å². The lowest BCUT2D eigenvalue weighted by molar-refractivity contribution is 0.0943. The molecule has 0 saturated heterocycles. The highest BCUT2D eigenvalue weighted by Crippen LogP contribution is 2.10. The van der Waals surface area contributed by atoms with Gasteiger partial charge >= 0.3 is 0 Å². The lowest BCUT2D eigenvalue weighted by Crippen LogP contribution is -2.33. The Hall–Kier alpha value is -1.07. The third kappa shape index (κ3) is 4.02. The predicted molar refractivity (Wildman–Crippen MR) is 67.2 cm³/mol. The van der Waals surface area contributed by atoms with E-state index >= 15 is 0 Å². The molecule has 0 spiro atoms. The molecule has 4 nitrogen and oxygen atoms in total. The number of halogens is 1. The van der Waals surface area contributed by atoms with Crippen LogP contribution in [0.2, 0.25) is 0 Å². The van der Waals surface area contributed by atoms with Gasteiger partial charge in [-0.3, -0.25) is 4.79 Å². The Morgan fingerprint density at radius 1 is 1.35 bits per heavy atom. The molecule has 0 aromatic heterocycles. The van der Waals surface area contributed by atoms with Crippen LogP contribution in [0.15, 0.2) is 29.2 Å². The smallest absolute Gasteiger partial charge is 0.251 e. The molecule has 0 fully saturated rings. The molecule has 1 unspecified atom stereocenters. The quantitative estimate of drug-likeness (QED) is 0.846. The lowest BCUT2D eigenvalue weighted by atomic mass is 10.2. The van der Waals surface area contributed by atoms with Crippen LogP contribution in [0.1, 0.15) is 17.3 Å². The highest BCUT2D eigenvalue weighted by Gasteiger charge is 2.11. The number of carbonyl (C=O) groups excluding carboxylic acids is 1. The summed E-state index contributed by atoms with van der Waals surface area (Å²) in [5, 5.41) is 2.68. The Kier molecular flexibility index (Phi) is 4.54. The van der Waals surface area contributed by atoms with E-state index in [1.807, 2.05) is 0 Å². The molecule has 0 radical (unpaired) electrons. The maximum atomic E-state index is 11.7. The zero-order valence-corrected chi connectivity index (χ0v) is 11.2. The number of rotatable bonds is 4. The minimum Gasteiger partial charge on any atom is -0.348 e. The van der Waals surface area contributed by atoms with Crippen molar-refractivity contribution >= 4 is 27.3 Å². The van der Waals surface area contributed by atoms with Crippen molar-refractivity contribution in [1.82, 2.24) is 5.32 Å². The molecule has 0 heterocycles. The Morgan fingerprint density at radius 2 is 1.88 bits per heavy atom. The zero-order chi connectivity index (χ0) is 13.1. The van der Waals surface area contributed by atoms with Gasteiger partial charge in [0.15, 0.2) is 9.84 Å². The summed E-state index contributed by atoms with van der Waals surface area (Å²) in [7, 11) is -3.23. The van der Waals surface area contributed by atoms with Crippen molar-refractivity contribution in [3.63, 3.8) is 0 Å². The highest BCUT2D eigenvalue weighted by molar-refractivity contribution is 7.90. The summed E-state index contributed by atoms with van der Waals surface area (Å²) in [5.74, 6) is 0.0610. The molecule has 1 atom stereocenters. The normalized spacial score (nSPS) is 13.1. The zero-order valence-electron chi connectivity index (χ0n) is 9.60. The number of benzene rings is 1. The standard InChI is InChI=1S/C11H14ClNO3S/c1-8(7-12)13-11(14)9-3-5-10(6-4-9)17(2,15)16/h3-6,8H,7H2,1-2H3,(H,13,14). The monoisotopic (exact) mass is 275 g/mol. The van der Waals surface area contributed by atoms with Crippen LogP contribution in [0, 0.1) is 0 Å². The summed E-state index contributed by atoms with van der Waals surface area (Å²) in [6.07, 6.45) is 1.12. The summed E-state index contributed by atoms with van der Waals surface area (Å²) in [6.45, 7) is 1.79. The van der Waals surface area contributed by atoms with Crippen LogP contribution in [0.3, 0.4) is 0 Å². The van der Waals surface area contributed by atoms with E-state index in [9.17, 15) is 13.2 Å². The molecular weight excluding hydrogens is 262 g/mol. The summed E-state index contributed by atoms with van der Waals surface area (Å²) in [5.41, 5.74) is 0.411. The molecule has 1 aromatic carbocycles. The van der Waals surface area contributed by atoms with Crippen molar-refractivity contribution in [2.75, 3.05) is 12.1 Å². The van der Waals surface area contributed by atoms with E-state index in [-0.39, 0.29) is 16.8 Å². The average molecular weight is 276 g/mol. The molecule has 1 aromatic rings. The van der Waals surface area contributed by atoms with Gasteiger partial charge in [0.2, 0.25) is 0 Å². The van der Waals surface area contributed by atoms with E-state index in [0.29, 0.717) is 11.4 Å². The van der Waals surface area contributed by atoms with Crippen LogP contribution >= 0.6 is 11.6 Å². The van der Waals surface area contributed by atoms with Gasteiger partial charge in [0.05, 0.1) is 4.90 Å². The van der Waals surface area contributed by atoms with E-state index in [1.165, 1.54) is 24.3 Å². The first-order valence-corrected chi connectivity index (χ1v) is 7.44. The Labute approximate surface area is 106 Å². The highest BCUT2D eigenvalue weighted by atomic mass is 35.5. The number of carbonyl (C=O) groups is 1. The minimum atomic E-state index is -3.23. The van der Waals surface area contributed by atoms with Crippen molar-refractivity contribution in [1.29, 1.82) is 0 Å². The molecule has 1 N–H and O–H groups in total. The average Bonchev–Trinajstić information content (AvgIpc) is 2.27. The van der Waals surface area contributed by atoms with E-state index < -0.39 is 9.84 Å². The molecule has 17 heavy (non-hydrogen) atoms. The summed E-state index contributed by atoms with van der Waals surface area (Å²) >= 11 is 5.57. The van der Waals surface area contributed by atoms with Crippen molar-refractivity contribution in [2.45, 2.75) is 17.9 Å². The molecule has 0 aliphatic rings. The van der Waals surface area contributed by atoms with Crippen molar-refractivity contribution < 1.29 is 13.2 Å². The topological polar surface area (TPSA) is 63.2 Å². The van der Waals surface area contributed by atoms with Gasteiger partial charge in [-0.2, -0.15) is 0 Å². The summed E-state index contributed by atoms with van der Waals surface area (Å²) in [4.78, 5) is 11.8. The fourth-order valence-corrected chi connectivity index (χ4v) is 1.91. The lowest BCUT2D eigenvalue weighted by Gasteiger charge is -2.10. The van der Waals surface area contributed by atoms with Gasteiger partial charge in [0.25, 0.3) is 5.91 Å². The van der Waals surface area contributed by atoms with Crippen LogP contribution in [0.25, 0.3) is 0 Å². The molecule has 0 aliphatic carbocycles. The fourth-order valence-electron chi connectivity index (χ4n) is 1.20. The Bertz CT molecular complexity index is 496. The molecule has 1 amide bonds. The number of sulfone groups is 1.